The number of likely N-dealkylation sites (N-methyl/N-ethyl adjacent to an activating group) is 1. The first-order chi connectivity index (χ1) is 14.9. The Morgan fingerprint density at radius 3 is 2.26 bits per heavy atom. The van der Waals surface area contributed by atoms with Crippen LogP contribution in [0.2, 0.25) is 0 Å². The third-order valence-corrected chi connectivity index (χ3v) is 6.74. The third kappa shape index (κ3) is 3.70. The fourth-order valence-corrected chi connectivity index (χ4v) is 5.05. The smallest absolute Gasteiger partial charge is 0.247 e. The number of hydrogen-bond donors (Lipinski definition) is 1. The number of carbonyl (C=O) groups excluding carboxylic acids is 2. The number of ether oxygens (including phenoxy) is 2. The summed E-state index contributed by atoms with van der Waals surface area (Å²) in [4.78, 5) is 27.5. The molecular formula is C22H22N2O6S. The van der Waals surface area contributed by atoms with Gasteiger partial charge in [0.05, 0.1) is 0 Å². The van der Waals surface area contributed by atoms with Gasteiger partial charge in [0.15, 0.2) is 16.4 Å². The predicted octanol–water partition coefficient (Wildman–Crippen LogP) is 2.47. The number of sulfonamides is 1. The molecule has 0 aromatic heterocycles. The molecule has 0 radical (unpaired) electrons. The topological polar surface area (TPSA) is 102 Å². The Bertz CT molecular complexity index is 1200. The highest BCUT2D eigenvalue weighted by Gasteiger charge is 2.40. The van der Waals surface area contributed by atoms with E-state index in [0.29, 0.717) is 30.2 Å². The molecule has 2 aromatic carbocycles. The van der Waals surface area contributed by atoms with Crippen molar-refractivity contribution in [2.24, 2.45) is 0 Å². The van der Waals surface area contributed by atoms with Crippen LogP contribution in [0.4, 0.5) is 0 Å². The molecule has 0 saturated carbocycles. The number of hydrogen-bond acceptors (Lipinski definition) is 7. The van der Waals surface area contributed by atoms with E-state index in [4.69, 9.17) is 9.47 Å². The van der Waals surface area contributed by atoms with Crippen molar-refractivity contribution < 1.29 is 27.5 Å². The molecule has 8 nitrogen and oxygen atoms in total. The van der Waals surface area contributed by atoms with Gasteiger partial charge in [-0.1, -0.05) is 30.3 Å². The van der Waals surface area contributed by atoms with E-state index in [-0.39, 0.29) is 30.2 Å². The molecule has 1 N–H and O–H groups in total. The SMILES string of the molecule is CCN(CC)C1=C(S(=O)(=O)NCc2ccc3c(c2)OCO3)C(=O)c2ccccc2C1=O. The minimum Gasteiger partial charge on any atom is -0.454 e. The zero-order valence-electron chi connectivity index (χ0n) is 17.2. The van der Waals surface area contributed by atoms with E-state index in [0.717, 1.165) is 0 Å². The zero-order chi connectivity index (χ0) is 22.2. The van der Waals surface area contributed by atoms with Gasteiger partial charge in [-0.3, -0.25) is 9.59 Å². The van der Waals surface area contributed by atoms with E-state index >= 15 is 0 Å². The molecule has 2 aromatic rings. The predicted molar refractivity (Wildman–Crippen MR) is 113 cm³/mol. The van der Waals surface area contributed by atoms with E-state index < -0.39 is 26.5 Å². The Kier molecular flexibility index (Phi) is 5.55. The van der Waals surface area contributed by atoms with Crippen molar-refractivity contribution in [3.63, 3.8) is 0 Å². The fraction of sp³-hybridized carbons (Fsp3) is 0.273. The molecule has 4 rings (SSSR count). The van der Waals surface area contributed by atoms with Crippen LogP contribution in [-0.4, -0.2) is 44.8 Å². The van der Waals surface area contributed by atoms with E-state index in [2.05, 4.69) is 4.72 Å². The van der Waals surface area contributed by atoms with E-state index in [1.165, 1.54) is 6.07 Å². The molecule has 0 spiro atoms. The minimum absolute atomic E-state index is 0.0723. The molecule has 0 saturated heterocycles. The Morgan fingerprint density at radius 1 is 0.935 bits per heavy atom. The molecular weight excluding hydrogens is 420 g/mol. The molecule has 2 aliphatic rings. The largest absolute Gasteiger partial charge is 0.454 e. The van der Waals surface area contributed by atoms with Crippen molar-refractivity contribution in [2.45, 2.75) is 20.4 Å². The summed E-state index contributed by atoms with van der Waals surface area (Å²) in [7, 11) is -4.29. The number of benzene rings is 2. The molecule has 1 aliphatic carbocycles. The van der Waals surface area contributed by atoms with Gasteiger partial charge in [-0.2, -0.15) is 0 Å². The molecule has 0 fully saturated rings. The lowest BCUT2D eigenvalue weighted by Crippen LogP contribution is -2.39. The number of allylic oxidation sites excluding steroid dienone is 2. The van der Waals surface area contributed by atoms with Crippen molar-refractivity contribution in [1.82, 2.24) is 9.62 Å². The van der Waals surface area contributed by atoms with Crippen LogP contribution in [0.1, 0.15) is 40.1 Å². The maximum atomic E-state index is 13.3. The quantitative estimate of drug-likeness (QED) is 0.703. The Hall–Kier alpha value is -3.17. The second-order valence-corrected chi connectivity index (χ2v) is 8.77. The van der Waals surface area contributed by atoms with Crippen LogP contribution >= 0.6 is 0 Å². The van der Waals surface area contributed by atoms with Gasteiger partial charge in [0.2, 0.25) is 28.4 Å². The van der Waals surface area contributed by atoms with Gasteiger partial charge in [0.25, 0.3) is 0 Å². The summed E-state index contributed by atoms with van der Waals surface area (Å²) in [6.07, 6.45) is 0. The van der Waals surface area contributed by atoms with E-state index in [1.807, 2.05) is 0 Å². The second-order valence-electron chi connectivity index (χ2n) is 7.07. The highest BCUT2D eigenvalue weighted by Crippen LogP contribution is 2.33. The maximum absolute atomic E-state index is 13.3. The first kappa shape index (κ1) is 21.1. The number of nitrogens with one attached hydrogen (secondary N) is 1. The summed E-state index contributed by atoms with van der Waals surface area (Å²) in [6.45, 7) is 4.41. The first-order valence-electron chi connectivity index (χ1n) is 9.93. The van der Waals surface area contributed by atoms with Crippen molar-refractivity contribution in [2.75, 3.05) is 19.9 Å². The lowest BCUT2D eigenvalue weighted by atomic mass is 9.92. The highest BCUT2D eigenvalue weighted by atomic mass is 32.2. The Labute approximate surface area is 180 Å². The number of fused-ring (bicyclic) bond motifs is 2. The lowest BCUT2D eigenvalue weighted by molar-refractivity contribution is 0.0949. The van der Waals surface area contributed by atoms with Crippen molar-refractivity contribution >= 4 is 21.6 Å². The van der Waals surface area contributed by atoms with Gasteiger partial charge in [0, 0.05) is 30.8 Å². The third-order valence-electron chi connectivity index (χ3n) is 5.30. The molecule has 0 atom stereocenters. The number of ketones is 2. The summed E-state index contributed by atoms with van der Waals surface area (Å²) < 4.78 is 39.6. The summed E-state index contributed by atoms with van der Waals surface area (Å²) in [5, 5.41) is 0. The molecule has 31 heavy (non-hydrogen) atoms. The molecule has 0 unspecified atom stereocenters. The first-order valence-corrected chi connectivity index (χ1v) is 11.4. The molecule has 162 valence electrons. The van der Waals surface area contributed by atoms with Gasteiger partial charge in [-0.25, -0.2) is 13.1 Å². The van der Waals surface area contributed by atoms with Gasteiger partial charge in [-0.15, -0.1) is 0 Å². The average Bonchev–Trinajstić information content (AvgIpc) is 3.24. The van der Waals surface area contributed by atoms with Crippen LogP contribution in [0, 0.1) is 0 Å². The van der Waals surface area contributed by atoms with Gasteiger partial charge < -0.3 is 14.4 Å². The second kappa shape index (κ2) is 8.16. The van der Waals surface area contributed by atoms with Crippen LogP contribution in [-0.2, 0) is 16.6 Å². The van der Waals surface area contributed by atoms with Gasteiger partial charge in [-0.05, 0) is 31.5 Å². The van der Waals surface area contributed by atoms with Crippen LogP contribution in [0.5, 0.6) is 11.5 Å². The van der Waals surface area contributed by atoms with Crippen LogP contribution in [0.15, 0.2) is 53.1 Å². The molecule has 1 aliphatic heterocycles. The fourth-order valence-electron chi connectivity index (χ4n) is 3.72. The summed E-state index contributed by atoms with van der Waals surface area (Å²) in [6, 6.07) is 11.4. The molecule has 9 heteroatoms. The van der Waals surface area contributed by atoms with Crippen molar-refractivity contribution in [3.8, 4) is 11.5 Å². The van der Waals surface area contributed by atoms with Crippen molar-refractivity contribution in [1.29, 1.82) is 0 Å². The van der Waals surface area contributed by atoms with Crippen molar-refractivity contribution in [3.05, 3.63) is 69.8 Å². The summed E-state index contributed by atoms with van der Waals surface area (Å²) in [5.74, 6) is -0.0435. The summed E-state index contributed by atoms with van der Waals surface area (Å²) in [5.41, 5.74) is 0.843. The molecule has 0 amide bonds. The zero-order valence-corrected chi connectivity index (χ0v) is 18.0. The average molecular weight is 442 g/mol. The Morgan fingerprint density at radius 2 is 1.58 bits per heavy atom. The van der Waals surface area contributed by atoms with Gasteiger partial charge in [0.1, 0.15) is 5.70 Å². The number of nitrogens with zero attached hydrogens (tertiary/aromatic N) is 1. The number of Topliss-reactive ketones (excluding diaryl/α,β-unsaturated/α-hetero) is 2. The monoisotopic (exact) mass is 442 g/mol. The standard InChI is InChI=1S/C22H22N2O6S/c1-3-24(4-2)19-20(25)15-7-5-6-8-16(15)21(26)22(19)31(27,28)23-12-14-9-10-17-18(11-14)30-13-29-17/h5-11,23H,3-4,12-13H2,1-2H3. The van der Waals surface area contributed by atoms with Crippen LogP contribution in [0.3, 0.4) is 0 Å². The maximum Gasteiger partial charge on any atom is 0.247 e. The Balaban J connectivity index is 1.73. The minimum atomic E-state index is -4.29. The highest BCUT2D eigenvalue weighted by molar-refractivity contribution is 7.94. The van der Waals surface area contributed by atoms with E-state index in [1.54, 1.807) is 55.1 Å². The number of rotatable bonds is 7. The van der Waals surface area contributed by atoms with E-state index in [9.17, 15) is 18.0 Å². The van der Waals surface area contributed by atoms with Gasteiger partial charge >= 0.3 is 0 Å². The lowest BCUT2D eigenvalue weighted by Gasteiger charge is -2.29. The van der Waals surface area contributed by atoms with Crippen LogP contribution in [0.25, 0.3) is 0 Å². The summed E-state index contributed by atoms with van der Waals surface area (Å²) >= 11 is 0. The number of carbonyl (C=O) groups is 2. The molecule has 0 bridgehead atoms. The molecule has 1 heterocycles. The normalized spacial score (nSPS) is 15.3. The van der Waals surface area contributed by atoms with Crippen LogP contribution < -0.4 is 14.2 Å².